The van der Waals surface area contributed by atoms with Gasteiger partial charge in [-0.05, 0) is 25.1 Å². The molecule has 1 aliphatic carbocycles. The minimum absolute atomic E-state index is 0. The number of amides is 1. The molecular weight excluding hydrogens is 330 g/mol. The summed E-state index contributed by atoms with van der Waals surface area (Å²) >= 11 is 5.62. The second-order valence-corrected chi connectivity index (χ2v) is 6.33. The fraction of sp³-hybridized carbons (Fsp3) is 0.533. The van der Waals surface area contributed by atoms with E-state index in [2.05, 4.69) is 5.32 Å². The van der Waals surface area contributed by atoms with E-state index in [4.69, 9.17) is 22.1 Å². The van der Waals surface area contributed by atoms with E-state index < -0.39 is 16.8 Å². The van der Waals surface area contributed by atoms with Crippen LogP contribution in [0.3, 0.4) is 0 Å². The first kappa shape index (κ1) is 19.2. The second-order valence-electron chi connectivity index (χ2n) is 5.92. The van der Waals surface area contributed by atoms with Gasteiger partial charge in [-0.3, -0.25) is 4.79 Å². The normalized spacial score (nSPS) is 25.8. The number of ether oxygens (including phenoxy) is 1. The summed E-state index contributed by atoms with van der Waals surface area (Å²) in [5, 5.41) is 2.66. The van der Waals surface area contributed by atoms with Crippen LogP contribution in [0.4, 0.5) is 10.1 Å². The van der Waals surface area contributed by atoms with Crippen molar-refractivity contribution in [3.05, 3.63) is 29.0 Å². The average molecular weight is 351 g/mol. The monoisotopic (exact) mass is 350 g/mol. The summed E-state index contributed by atoms with van der Waals surface area (Å²) in [7, 11) is 0. The number of nitrogens with two attached hydrogens (primary N) is 1. The van der Waals surface area contributed by atoms with E-state index in [1.165, 1.54) is 12.1 Å². The van der Waals surface area contributed by atoms with Crippen molar-refractivity contribution in [2.24, 2.45) is 11.1 Å². The van der Waals surface area contributed by atoms with Gasteiger partial charge in [0, 0.05) is 24.1 Å². The zero-order valence-corrected chi connectivity index (χ0v) is 14.4. The first-order valence-electron chi connectivity index (χ1n) is 6.89. The van der Waals surface area contributed by atoms with Crippen LogP contribution in [0.15, 0.2) is 18.2 Å². The van der Waals surface area contributed by atoms with E-state index in [0.717, 1.165) is 0 Å². The number of benzene rings is 1. The number of nitrogens with one attached hydrogen (secondary N) is 1. The quantitative estimate of drug-likeness (QED) is 0.874. The smallest absolute Gasteiger partial charge is 0.245 e. The molecule has 3 N–H and O–H groups in total. The predicted octanol–water partition coefficient (Wildman–Crippen LogP) is 3.37. The van der Waals surface area contributed by atoms with E-state index >= 15 is 0 Å². The number of rotatable bonds is 4. The van der Waals surface area contributed by atoms with Gasteiger partial charge in [0.05, 0.1) is 11.1 Å². The maximum Gasteiger partial charge on any atom is 0.245 e. The van der Waals surface area contributed by atoms with Gasteiger partial charge in [0.2, 0.25) is 5.91 Å². The molecule has 0 heterocycles. The molecule has 0 saturated heterocycles. The predicted molar refractivity (Wildman–Crippen MR) is 88.0 cm³/mol. The Hall–Kier alpha value is -0.880. The molecule has 1 aliphatic rings. The Bertz CT molecular complexity index is 568. The van der Waals surface area contributed by atoms with Gasteiger partial charge < -0.3 is 15.8 Å². The SMILES string of the molecule is CCOC1CC(N)(C(=O)Nc2ccc(Cl)c(F)c2)C1(C)C.Cl. The topological polar surface area (TPSA) is 64.3 Å². The minimum Gasteiger partial charge on any atom is -0.378 e. The Morgan fingerprint density at radius 3 is 2.68 bits per heavy atom. The Labute approximate surface area is 140 Å². The molecule has 2 atom stereocenters. The van der Waals surface area contributed by atoms with Gasteiger partial charge in [-0.1, -0.05) is 25.4 Å². The zero-order chi connectivity index (χ0) is 15.8. The summed E-state index contributed by atoms with van der Waals surface area (Å²) in [4.78, 5) is 12.4. The van der Waals surface area contributed by atoms with Crippen molar-refractivity contribution in [3.63, 3.8) is 0 Å². The first-order chi connectivity index (χ1) is 9.72. The maximum atomic E-state index is 13.4. The molecule has 0 aliphatic heterocycles. The van der Waals surface area contributed by atoms with Crippen molar-refractivity contribution in [2.75, 3.05) is 11.9 Å². The van der Waals surface area contributed by atoms with Crippen LogP contribution in [0, 0.1) is 11.2 Å². The molecule has 1 saturated carbocycles. The molecule has 1 aromatic rings. The Morgan fingerprint density at radius 2 is 2.18 bits per heavy atom. The third-order valence-electron chi connectivity index (χ3n) is 4.41. The summed E-state index contributed by atoms with van der Waals surface area (Å²) < 4.78 is 19.0. The Kier molecular flexibility index (Phi) is 5.84. The third-order valence-corrected chi connectivity index (χ3v) is 4.72. The fourth-order valence-electron chi connectivity index (χ4n) is 2.64. The van der Waals surface area contributed by atoms with E-state index in [1.54, 1.807) is 6.07 Å². The van der Waals surface area contributed by atoms with Crippen molar-refractivity contribution >= 4 is 35.6 Å². The number of hydrogen-bond donors (Lipinski definition) is 2. The van der Waals surface area contributed by atoms with Crippen molar-refractivity contribution < 1.29 is 13.9 Å². The highest BCUT2D eigenvalue weighted by molar-refractivity contribution is 6.30. The van der Waals surface area contributed by atoms with Crippen molar-refractivity contribution in [1.82, 2.24) is 0 Å². The average Bonchev–Trinajstić information content (AvgIpc) is 2.42. The highest BCUT2D eigenvalue weighted by Gasteiger charge is 2.62. The maximum absolute atomic E-state index is 13.4. The van der Waals surface area contributed by atoms with Gasteiger partial charge >= 0.3 is 0 Å². The summed E-state index contributed by atoms with van der Waals surface area (Å²) in [5.74, 6) is -0.925. The van der Waals surface area contributed by atoms with Gasteiger partial charge in [0.1, 0.15) is 11.4 Å². The van der Waals surface area contributed by atoms with Gasteiger partial charge in [-0.15, -0.1) is 12.4 Å². The summed E-state index contributed by atoms with van der Waals surface area (Å²) in [6.07, 6.45) is 0.385. The number of halogens is 3. The lowest BCUT2D eigenvalue weighted by molar-refractivity contribution is -0.166. The van der Waals surface area contributed by atoms with Crippen molar-refractivity contribution in [3.8, 4) is 0 Å². The van der Waals surface area contributed by atoms with Crippen LogP contribution in [0.2, 0.25) is 5.02 Å². The van der Waals surface area contributed by atoms with Crippen molar-refractivity contribution in [2.45, 2.75) is 38.8 Å². The van der Waals surface area contributed by atoms with E-state index in [1.807, 2.05) is 20.8 Å². The number of carbonyl (C=O) groups is 1. The molecule has 2 rings (SSSR count). The lowest BCUT2D eigenvalue weighted by atomic mass is 9.54. The van der Waals surface area contributed by atoms with E-state index in [9.17, 15) is 9.18 Å². The van der Waals surface area contributed by atoms with Crippen LogP contribution < -0.4 is 11.1 Å². The molecule has 0 aromatic heterocycles. The highest BCUT2D eigenvalue weighted by atomic mass is 35.5. The molecule has 0 bridgehead atoms. The standard InChI is InChI=1S/C15H20ClFN2O2.ClH/c1-4-21-12-8-15(18,14(12,2)3)13(20)19-9-5-6-10(16)11(17)7-9;/h5-7,12H,4,8,18H2,1-3H3,(H,19,20);1H. The molecule has 1 aromatic carbocycles. The lowest BCUT2D eigenvalue weighted by Gasteiger charge is -2.57. The first-order valence-corrected chi connectivity index (χ1v) is 7.27. The van der Waals surface area contributed by atoms with Crippen LogP contribution in [0.25, 0.3) is 0 Å². The molecule has 0 radical (unpaired) electrons. The molecule has 7 heteroatoms. The van der Waals surface area contributed by atoms with Crippen LogP contribution in [-0.2, 0) is 9.53 Å². The molecule has 22 heavy (non-hydrogen) atoms. The molecule has 124 valence electrons. The van der Waals surface area contributed by atoms with E-state index in [-0.39, 0.29) is 29.4 Å². The fourth-order valence-corrected chi connectivity index (χ4v) is 2.75. The molecule has 0 spiro atoms. The largest absolute Gasteiger partial charge is 0.378 e. The summed E-state index contributed by atoms with van der Waals surface area (Å²) in [5.41, 5.74) is 5.06. The lowest BCUT2D eigenvalue weighted by Crippen LogP contribution is -2.74. The molecule has 1 fully saturated rings. The van der Waals surface area contributed by atoms with Gasteiger partial charge in [0.15, 0.2) is 0 Å². The zero-order valence-electron chi connectivity index (χ0n) is 12.8. The molecular formula is C15H21Cl2FN2O2. The molecule has 4 nitrogen and oxygen atoms in total. The van der Waals surface area contributed by atoms with Gasteiger partial charge in [-0.2, -0.15) is 0 Å². The summed E-state index contributed by atoms with van der Waals surface area (Å²) in [6, 6.07) is 4.11. The molecule has 1 amide bonds. The van der Waals surface area contributed by atoms with Gasteiger partial charge in [-0.25, -0.2) is 4.39 Å². The Morgan fingerprint density at radius 1 is 1.55 bits per heavy atom. The summed E-state index contributed by atoms with van der Waals surface area (Å²) in [6.45, 7) is 6.29. The number of carbonyl (C=O) groups excluding carboxylic acids is 1. The van der Waals surface area contributed by atoms with Gasteiger partial charge in [0.25, 0.3) is 0 Å². The minimum atomic E-state index is -1.04. The van der Waals surface area contributed by atoms with E-state index in [0.29, 0.717) is 18.7 Å². The Balaban J connectivity index is 0.00000242. The third kappa shape index (κ3) is 3.08. The second kappa shape index (κ2) is 6.71. The van der Waals surface area contributed by atoms with Crippen LogP contribution >= 0.6 is 24.0 Å². The van der Waals surface area contributed by atoms with Crippen LogP contribution in [0.1, 0.15) is 27.2 Å². The van der Waals surface area contributed by atoms with Crippen LogP contribution in [0.5, 0.6) is 0 Å². The number of anilines is 1. The van der Waals surface area contributed by atoms with Crippen LogP contribution in [-0.4, -0.2) is 24.2 Å². The highest BCUT2D eigenvalue weighted by Crippen LogP contribution is 2.50. The van der Waals surface area contributed by atoms with Crippen molar-refractivity contribution in [1.29, 1.82) is 0 Å². The number of hydrogen-bond acceptors (Lipinski definition) is 3. The molecule has 2 unspecified atom stereocenters.